The highest BCUT2D eigenvalue weighted by Gasteiger charge is 2.17. The quantitative estimate of drug-likeness (QED) is 0.862. The lowest BCUT2D eigenvalue weighted by Crippen LogP contribution is -2.47. The molecular formula is C16H25N5. The molecule has 2 rings (SSSR count). The van der Waals surface area contributed by atoms with E-state index >= 15 is 0 Å². The lowest BCUT2D eigenvalue weighted by Gasteiger charge is -2.35. The minimum Gasteiger partial charge on any atom is -0.370 e. The van der Waals surface area contributed by atoms with E-state index in [4.69, 9.17) is 5.26 Å². The van der Waals surface area contributed by atoms with E-state index in [1.165, 1.54) is 26.2 Å². The van der Waals surface area contributed by atoms with Crippen LogP contribution in [0.1, 0.15) is 19.4 Å². The number of hydrogen-bond donors (Lipinski definition) is 1. The SMILES string of the molecule is CCN1CCN(CC(C)CNc2ccc(C#N)cn2)CC1. The monoisotopic (exact) mass is 287 g/mol. The first-order valence-electron chi connectivity index (χ1n) is 7.76. The van der Waals surface area contributed by atoms with Crippen molar-refractivity contribution >= 4 is 5.82 Å². The van der Waals surface area contributed by atoms with Crippen molar-refractivity contribution in [1.82, 2.24) is 14.8 Å². The Bertz CT molecular complexity index is 457. The molecule has 5 nitrogen and oxygen atoms in total. The Kier molecular flexibility index (Phi) is 5.97. The first-order valence-corrected chi connectivity index (χ1v) is 7.76. The Labute approximate surface area is 127 Å². The van der Waals surface area contributed by atoms with Crippen LogP contribution in [0.3, 0.4) is 0 Å². The number of anilines is 1. The number of piperazine rings is 1. The van der Waals surface area contributed by atoms with Crippen molar-refractivity contribution < 1.29 is 0 Å². The van der Waals surface area contributed by atoms with Crippen molar-refractivity contribution in [3.8, 4) is 6.07 Å². The molecular weight excluding hydrogens is 262 g/mol. The Morgan fingerprint density at radius 2 is 2.00 bits per heavy atom. The molecule has 0 saturated carbocycles. The minimum absolute atomic E-state index is 0.579. The van der Waals surface area contributed by atoms with Gasteiger partial charge in [0.05, 0.1) is 5.56 Å². The lowest BCUT2D eigenvalue weighted by atomic mass is 10.1. The first-order chi connectivity index (χ1) is 10.2. The molecule has 0 amide bonds. The summed E-state index contributed by atoms with van der Waals surface area (Å²) >= 11 is 0. The summed E-state index contributed by atoms with van der Waals surface area (Å²) in [5.41, 5.74) is 0.599. The molecule has 1 fully saturated rings. The van der Waals surface area contributed by atoms with Crippen LogP contribution in [0.15, 0.2) is 18.3 Å². The van der Waals surface area contributed by atoms with Crippen molar-refractivity contribution in [3.05, 3.63) is 23.9 Å². The van der Waals surface area contributed by atoms with E-state index in [2.05, 4.69) is 40.0 Å². The van der Waals surface area contributed by atoms with Gasteiger partial charge in [0.2, 0.25) is 0 Å². The number of aromatic nitrogens is 1. The van der Waals surface area contributed by atoms with E-state index in [1.54, 1.807) is 12.3 Å². The van der Waals surface area contributed by atoms with Crippen molar-refractivity contribution in [2.45, 2.75) is 13.8 Å². The van der Waals surface area contributed by atoms with E-state index in [0.717, 1.165) is 25.5 Å². The molecule has 1 aromatic heterocycles. The second-order valence-electron chi connectivity index (χ2n) is 5.76. The van der Waals surface area contributed by atoms with Gasteiger partial charge in [-0.2, -0.15) is 5.26 Å². The van der Waals surface area contributed by atoms with Crippen LogP contribution in [0.2, 0.25) is 0 Å². The van der Waals surface area contributed by atoms with E-state index in [1.807, 2.05) is 6.07 Å². The molecule has 114 valence electrons. The maximum absolute atomic E-state index is 8.75. The van der Waals surface area contributed by atoms with Crippen molar-refractivity contribution in [1.29, 1.82) is 5.26 Å². The zero-order valence-electron chi connectivity index (χ0n) is 13.0. The third kappa shape index (κ3) is 5.00. The number of nitriles is 1. The topological polar surface area (TPSA) is 55.2 Å². The maximum Gasteiger partial charge on any atom is 0.125 e. The highest BCUT2D eigenvalue weighted by molar-refractivity contribution is 5.38. The third-order valence-corrected chi connectivity index (χ3v) is 4.01. The molecule has 0 spiro atoms. The summed E-state index contributed by atoms with van der Waals surface area (Å²) in [6, 6.07) is 5.74. The number of rotatable bonds is 6. The van der Waals surface area contributed by atoms with Crippen LogP contribution in [-0.4, -0.2) is 60.6 Å². The first kappa shape index (κ1) is 15.7. The molecule has 0 aromatic carbocycles. The summed E-state index contributed by atoms with van der Waals surface area (Å²) in [7, 11) is 0. The summed E-state index contributed by atoms with van der Waals surface area (Å²) < 4.78 is 0. The standard InChI is InChI=1S/C16H25N5/c1-3-20-6-8-21(9-7-20)13-14(2)11-18-16-5-4-15(10-17)12-19-16/h4-5,12,14H,3,6-9,11,13H2,1-2H3,(H,18,19). The molecule has 1 aromatic rings. The molecule has 0 bridgehead atoms. The highest BCUT2D eigenvalue weighted by Crippen LogP contribution is 2.08. The molecule has 21 heavy (non-hydrogen) atoms. The van der Waals surface area contributed by atoms with Gasteiger partial charge in [0.25, 0.3) is 0 Å². The average molecular weight is 287 g/mol. The highest BCUT2D eigenvalue weighted by atomic mass is 15.3. The van der Waals surface area contributed by atoms with Gasteiger partial charge >= 0.3 is 0 Å². The number of hydrogen-bond acceptors (Lipinski definition) is 5. The molecule has 5 heteroatoms. The maximum atomic E-state index is 8.75. The zero-order valence-corrected chi connectivity index (χ0v) is 13.0. The second kappa shape index (κ2) is 7.96. The Morgan fingerprint density at radius 1 is 1.29 bits per heavy atom. The van der Waals surface area contributed by atoms with Gasteiger partial charge in [-0.3, -0.25) is 0 Å². The van der Waals surface area contributed by atoms with Gasteiger partial charge in [-0.1, -0.05) is 13.8 Å². The van der Waals surface area contributed by atoms with Crippen LogP contribution >= 0.6 is 0 Å². The Morgan fingerprint density at radius 3 is 2.57 bits per heavy atom. The molecule has 0 radical (unpaired) electrons. The van der Waals surface area contributed by atoms with E-state index < -0.39 is 0 Å². The van der Waals surface area contributed by atoms with E-state index in [0.29, 0.717) is 11.5 Å². The molecule has 1 aliphatic heterocycles. The minimum atomic E-state index is 0.579. The largest absolute Gasteiger partial charge is 0.370 e. The smallest absolute Gasteiger partial charge is 0.125 e. The van der Waals surface area contributed by atoms with Gasteiger partial charge < -0.3 is 15.1 Å². The van der Waals surface area contributed by atoms with Crippen molar-refractivity contribution in [2.75, 3.05) is 51.1 Å². The van der Waals surface area contributed by atoms with Gasteiger partial charge in [-0.25, -0.2) is 4.98 Å². The molecule has 1 aliphatic rings. The van der Waals surface area contributed by atoms with Crippen molar-refractivity contribution in [3.63, 3.8) is 0 Å². The van der Waals surface area contributed by atoms with E-state index in [-0.39, 0.29) is 0 Å². The van der Waals surface area contributed by atoms with Crippen LogP contribution in [0.25, 0.3) is 0 Å². The molecule has 1 N–H and O–H groups in total. The fourth-order valence-corrected chi connectivity index (χ4v) is 2.64. The number of nitrogens with zero attached hydrogens (tertiary/aromatic N) is 4. The van der Waals surface area contributed by atoms with E-state index in [9.17, 15) is 0 Å². The van der Waals surface area contributed by atoms with Gasteiger partial charge in [0.15, 0.2) is 0 Å². The Balaban J connectivity index is 1.69. The predicted octanol–water partition coefficient (Wildman–Crippen LogP) is 1.64. The Hall–Kier alpha value is -1.64. The van der Waals surface area contributed by atoms with Crippen LogP contribution in [0.4, 0.5) is 5.82 Å². The zero-order chi connectivity index (χ0) is 15.1. The normalized spacial score (nSPS) is 18.1. The van der Waals surface area contributed by atoms with Gasteiger partial charge in [-0.05, 0) is 24.6 Å². The van der Waals surface area contributed by atoms with Crippen LogP contribution in [-0.2, 0) is 0 Å². The predicted molar refractivity (Wildman–Crippen MR) is 85.2 cm³/mol. The number of pyridine rings is 1. The number of likely N-dealkylation sites (N-methyl/N-ethyl adjacent to an activating group) is 1. The van der Waals surface area contributed by atoms with Crippen molar-refractivity contribution in [2.24, 2.45) is 5.92 Å². The fraction of sp³-hybridized carbons (Fsp3) is 0.625. The lowest BCUT2D eigenvalue weighted by molar-refractivity contribution is 0.126. The molecule has 0 aliphatic carbocycles. The summed E-state index contributed by atoms with van der Waals surface area (Å²) in [6.45, 7) is 12.4. The van der Waals surface area contributed by atoms with Crippen LogP contribution < -0.4 is 5.32 Å². The summed E-state index contributed by atoms with van der Waals surface area (Å²) in [4.78, 5) is 9.28. The average Bonchev–Trinajstić information content (AvgIpc) is 2.54. The second-order valence-corrected chi connectivity index (χ2v) is 5.76. The number of nitrogens with one attached hydrogen (secondary N) is 1. The van der Waals surface area contributed by atoms with Crippen LogP contribution in [0, 0.1) is 17.2 Å². The summed E-state index contributed by atoms with van der Waals surface area (Å²) in [6.07, 6.45) is 1.61. The molecule has 1 unspecified atom stereocenters. The van der Waals surface area contributed by atoms with Gasteiger partial charge in [0.1, 0.15) is 11.9 Å². The molecule has 1 atom stereocenters. The summed E-state index contributed by atoms with van der Waals surface area (Å²) in [5.74, 6) is 1.42. The molecule has 2 heterocycles. The fourth-order valence-electron chi connectivity index (χ4n) is 2.64. The van der Waals surface area contributed by atoms with Crippen LogP contribution in [0.5, 0.6) is 0 Å². The molecule has 1 saturated heterocycles. The van der Waals surface area contributed by atoms with Gasteiger partial charge in [0, 0.05) is 45.5 Å². The van der Waals surface area contributed by atoms with Gasteiger partial charge in [-0.15, -0.1) is 0 Å². The third-order valence-electron chi connectivity index (χ3n) is 4.01. The summed E-state index contributed by atoms with van der Waals surface area (Å²) in [5, 5.41) is 12.1.